The first-order chi connectivity index (χ1) is 8.09. The summed E-state index contributed by atoms with van der Waals surface area (Å²) in [7, 11) is 1.41. The Kier molecular flexibility index (Phi) is 2.41. The van der Waals surface area contributed by atoms with Crippen LogP contribution < -0.4 is 5.32 Å². The van der Waals surface area contributed by atoms with Crippen LogP contribution in [0, 0.1) is 17.3 Å². The second-order valence-corrected chi connectivity index (χ2v) is 6.52. The van der Waals surface area contributed by atoms with E-state index in [2.05, 4.69) is 5.32 Å². The number of carbonyl (C=O) groups excluding carboxylic acids is 1. The molecule has 0 aromatic heterocycles. The Balaban J connectivity index is 1.84. The molecule has 2 atom stereocenters. The van der Waals surface area contributed by atoms with Gasteiger partial charge in [0.2, 0.25) is 0 Å². The Morgan fingerprint density at radius 3 is 2.53 bits per heavy atom. The molecule has 4 saturated carbocycles. The number of aliphatic hydroxyl groups excluding tert-OH is 1. The van der Waals surface area contributed by atoms with Gasteiger partial charge in [0.1, 0.15) is 0 Å². The van der Waals surface area contributed by atoms with E-state index in [9.17, 15) is 9.90 Å². The van der Waals surface area contributed by atoms with Gasteiger partial charge in [0.25, 0.3) is 0 Å². The van der Waals surface area contributed by atoms with Crippen LogP contribution in [0.15, 0.2) is 0 Å². The zero-order valence-electron chi connectivity index (χ0n) is 10.4. The summed E-state index contributed by atoms with van der Waals surface area (Å²) in [6.45, 7) is 0.268. The molecular formula is C13H21NO3. The Labute approximate surface area is 102 Å². The number of amides is 1. The quantitative estimate of drug-likeness (QED) is 0.770. The molecule has 0 aromatic rings. The molecule has 0 heterocycles. The zero-order valence-corrected chi connectivity index (χ0v) is 10.4. The van der Waals surface area contributed by atoms with Gasteiger partial charge in [0.05, 0.1) is 7.11 Å². The number of carbonyl (C=O) groups is 1. The molecule has 4 bridgehead atoms. The van der Waals surface area contributed by atoms with E-state index in [1.54, 1.807) is 0 Å². The fourth-order valence-electron chi connectivity index (χ4n) is 5.05. The largest absolute Gasteiger partial charge is 0.453 e. The first-order valence-electron chi connectivity index (χ1n) is 6.56. The number of hydrogen-bond donors (Lipinski definition) is 2. The topological polar surface area (TPSA) is 58.6 Å². The standard InChI is InChI=1S/C13H21NO3/c1-17-11(16)14-13-5-9-2-10(6-13)4-12(3-9,7-13)8-15/h9-10,15H,2-8H2,1H3,(H,14,16). The third-order valence-corrected chi connectivity index (χ3v) is 5.07. The summed E-state index contributed by atoms with van der Waals surface area (Å²) in [4.78, 5) is 11.5. The molecule has 0 radical (unpaired) electrons. The fraction of sp³-hybridized carbons (Fsp3) is 0.923. The summed E-state index contributed by atoms with van der Waals surface area (Å²) >= 11 is 0. The number of hydrogen-bond acceptors (Lipinski definition) is 3. The van der Waals surface area contributed by atoms with E-state index in [0.29, 0.717) is 11.8 Å². The van der Waals surface area contributed by atoms with Crippen LogP contribution in [0.4, 0.5) is 4.79 Å². The Morgan fingerprint density at radius 2 is 2.00 bits per heavy atom. The molecule has 4 aliphatic carbocycles. The van der Waals surface area contributed by atoms with Gasteiger partial charge in [-0.1, -0.05) is 0 Å². The normalized spacial score (nSPS) is 46.9. The molecule has 4 nitrogen and oxygen atoms in total. The summed E-state index contributed by atoms with van der Waals surface area (Å²) in [6.07, 6.45) is 6.32. The van der Waals surface area contributed by atoms with Crippen molar-refractivity contribution in [1.29, 1.82) is 0 Å². The van der Waals surface area contributed by atoms with E-state index in [4.69, 9.17) is 4.74 Å². The molecule has 2 N–H and O–H groups in total. The van der Waals surface area contributed by atoms with E-state index >= 15 is 0 Å². The Bertz CT molecular complexity index is 328. The summed E-state index contributed by atoms with van der Waals surface area (Å²) in [5.74, 6) is 1.36. The van der Waals surface area contributed by atoms with Crippen molar-refractivity contribution in [3.8, 4) is 0 Å². The van der Waals surface area contributed by atoms with Gasteiger partial charge >= 0.3 is 6.09 Å². The minimum atomic E-state index is -0.319. The number of ether oxygens (including phenoxy) is 1. The highest BCUT2D eigenvalue weighted by molar-refractivity contribution is 5.68. The minimum absolute atomic E-state index is 0.0745. The average molecular weight is 239 g/mol. The van der Waals surface area contributed by atoms with Crippen molar-refractivity contribution in [3.05, 3.63) is 0 Å². The van der Waals surface area contributed by atoms with E-state index in [1.165, 1.54) is 13.5 Å². The lowest BCUT2D eigenvalue weighted by Gasteiger charge is -2.61. The molecule has 4 heteroatoms. The van der Waals surface area contributed by atoms with Crippen LogP contribution in [-0.4, -0.2) is 30.5 Å². The molecule has 0 spiro atoms. The van der Waals surface area contributed by atoms with Crippen molar-refractivity contribution >= 4 is 6.09 Å². The van der Waals surface area contributed by atoms with Gasteiger partial charge in [0, 0.05) is 12.1 Å². The predicted molar refractivity (Wildman–Crippen MR) is 62.5 cm³/mol. The second kappa shape index (κ2) is 3.61. The van der Waals surface area contributed by atoms with Crippen LogP contribution in [0.2, 0.25) is 0 Å². The van der Waals surface area contributed by atoms with Gasteiger partial charge < -0.3 is 15.2 Å². The van der Waals surface area contributed by atoms with E-state index in [0.717, 1.165) is 32.1 Å². The van der Waals surface area contributed by atoms with Gasteiger partial charge in [-0.3, -0.25) is 0 Å². The van der Waals surface area contributed by atoms with Crippen LogP contribution in [0.25, 0.3) is 0 Å². The summed E-state index contributed by atoms with van der Waals surface area (Å²) in [5, 5.41) is 12.8. The van der Waals surface area contributed by atoms with Crippen molar-refractivity contribution in [2.45, 2.75) is 44.1 Å². The maximum absolute atomic E-state index is 11.5. The number of rotatable bonds is 2. The molecule has 2 unspecified atom stereocenters. The smallest absolute Gasteiger partial charge is 0.407 e. The van der Waals surface area contributed by atoms with Gasteiger partial charge in [0.15, 0.2) is 0 Å². The highest BCUT2D eigenvalue weighted by Gasteiger charge is 2.58. The van der Waals surface area contributed by atoms with Gasteiger partial charge in [-0.15, -0.1) is 0 Å². The molecule has 0 aliphatic heterocycles. The fourth-order valence-corrected chi connectivity index (χ4v) is 5.05. The molecule has 4 fully saturated rings. The van der Waals surface area contributed by atoms with E-state index in [1.807, 2.05) is 0 Å². The van der Waals surface area contributed by atoms with Gasteiger partial charge in [-0.05, 0) is 55.8 Å². The third kappa shape index (κ3) is 1.73. The van der Waals surface area contributed by atoms with Gasteiger partial charge in [-0.25, -0.2) is 4.79 Å². The maximum atomic E-state index is 11.5. The predicted octanol–water partition coefficient (Wildman–Crippen LogP) is 1.67. The molecule has 0 saturated heterocycles. The summed E-state index contributed by atoms with van der Waals surface area (Å²) in [5.41, 5.74) is -0.0228. The van der Waals surface area contributed by atoms with E-state index in [-0.39, 0.29) is 23.7 Å². The number of methoxy groups -OCH3 is 1. The van der Waals surface area contributed by atoms with Crippen LogP contribution in [0.3, 0.4) is 0 Å². The molecular weight excluding hydrogens is 218 g/mol. The number of aliphatic hydroxyl groups is 1. The first-order valence-corrected chi connectivity index (χ1v) is 6.56. The third-order valence-electron chi connectivity index (χ3n) is 5.07. The van der Waals surface area contributed by atoms with Crippen molar-refractivity contribution < 1.29 is 14.6 Å². The molecule has 0 aromatic carbocycles. The van der Waals surface area contributed by atoms with Gasteiger partial charge in [-0.2, -0.15) is 0 Å². The molecule has 1 amide bonds. The molecule has 4 aliphatic rings. The summed E-state index contributed by atoms with van der Waals surface area (Å²) < 4.78 is 4.74. The van der Waals surface area contributed by atoms with Crippen molar-refractivity contribution in [2.75, 3.05) is 13.7 Å². The monoisotopic (exact) mass is 239 g/mol. The first kappa shape index (κ1) is 11.3. The molecule has 4 rings (SSSR count). The second-order valence-electron chi connectivity index (χ2n) is 6.52. The van der Waals surface area contributed by atoms with Crippen LogP contribution in [0.5, 0.6) is 0 Å². The SMILES string of the molecule is COC(=O)NC12CC3CC(CC(CO)(C3)C1)C2. The maximum Gasteiger partial charge on any atom is 0.407 e. The Morgan fingerprint density at radius 1 is 1.35 bits per heavy atom. The average Bonchev–Trinajstić information content (AvgIpc) is 2.26. The van der Waals surface area contributed by atoms with Crippen molar-refractivity contribution in [3.63, 3.8) is 0 Å². The van der Waals surface area contributed by atoms with Crippen molar-refractivity contribution in [2.24, 2.45) is 17.3 Å². The lowest BCUT2D eigenvalue weighted by molar-refractivity contribution is -0.101. The van der Waals surface area contributed by atoms with Crippen LogP contribution in [0.1, 0.15) is 38.5 Å². The highest BCUT2D eigenvalue weighted by Crippen LogP contribution is 2.61. The van der Waals surface area contributed by atoms with Crippen LogP contribution in [-0.2, 0) is 4.74 Å². The van der Waals surface area contributed by atoms with Crippen LogP contribution >= 0.6 is 0 Å². The molecule has 96 valence electrons. The zero-order chi connectivity index (χ0) is 12.1. The Hall–Kier alpha value is -0.770. The van der Waals surface area contributed by atoms with E-state index < -0.39 is 0 Å². The highest BCUT2D eigenvalue weighted by atomic mass is 16.5. The molecule has 17 heavy (non-hydrogen) atoms. The lowest BCUT2D eigenvalue weighted by Crippen LogP contribution is -2.63. The summed E-state index contributed by atoms with van der Waals surface area (Å²) in [6, 6.07) is 0. The minimum Gasteiger partial charge on any atom is -0.453 e. The number of alkyl carbamates (subject to hydrolysis) is 1. The number of nitrogens with one attached hydrogen (secondary N) is 1. The lowest BCUT2D eigenvalue weighted by atomic mass is 9.47. The van der Waals surface area contributed by atoms with Crippen molar-refractivity contribution in [1.82, 2.24) is 5.32 Å².